The lowest BCUT2D eigenvalue weighted by Gasteiger charge is -2.32. The molecule has 2 fully saturated rings. The van der Waals surface area contributed by atoms with E-state index in [9.17, 15) is 9.59 Å². The third-order valence-corrected chi connectivity index (χ3v) is 8.94. The molecule has 2 aliphatic rings. The van der Waals surface area contributed by atoms with Crippen LogP contribution in [0.3, 0.4) is 0 Å². The van der Waals surface area contributed by atoms with Crippen LogP contribution >= 0.6 is 0 Å². The first-order chi connectivity index (χ1) is 19.9. The van der Waals surface area contributed by atoms with Gasteiger partial charge in [-0.1, -0.05) is 36.4 Å². The zero-order chi connectivity index (χ0) is 28.9. The second-order valence-electron chi connectivity index (χ2n) is 12.3. The SMILES string of the molecule is COCCCn1cc(C)c2ccc(C(=O)N(C[C@@H]3CNC[C@H]3CNC(=O)C(c3ccccc3)C3CC3)C(C)C)cc21. The summed E-state index contributed by atoms with van der Waals surface area (Å²) in [4.78, 5) is 29.2. The van der Waals surface area contributed by atoms with Crippen molar-refractivity contribution in [3.05, 3.63) is 71.4 Å². The minimum absolute atomic E-state index is 0.0650. The molecule has 7 heteroatoms. The van der Waals surface area contributed by atoms with Crippen molar-refractivity contribution in [3.63, 3.8) is 0 Å². The molecule has 2 heterocycles. The Hall–Kier alpha value is -3.16. The second kappa shape index (κ2) is 13.2. The number of ether oxygens (including phenoxy) is 1. The maximum Gasteiger partial charge on any atom is 0.254 e. The van der Waals surface area contributed by atoms with Crippen molar-refractivity contribution >= 4 is 22.7 Å². The molecule has 1 aliphatic heterocycles. The number of hydrogen-bond donors (Lipinski definition) is 2. The quantitative estimate of drug-likeness (QED) is 0.290. The van der Waals surface area contributed by atoms with Crippen molar-refractivity contribution in [1.82, 2.24) is 20.1 Å². The van der Waals surface area contributed by atoms with Crippen LogP contribution in [0.2, 0.25) is 0 Å². The van der Waals surface area contributed by atoms with Crippen molar-refractivity contribution in [3.8, 4) is 0 Å². The van der Waals surface area contributed by atoms with Crippen LogP contribution in [0.4, 0.5) is 0 Å². The Morgan fingerprint density at radius 2 is 1.85 bits per heavy atom. The lowest BCUT2D eigenvalue weighted by molar-refractivity contribution is -0.123. The van der Waals surface area contributed by atoms with Gasteiger partial charge in [-0.05, 0) is 81.0 Å². The molecular formula is C34H46N4O3. The molecule has 7 nitrogen and oxygen atoms in total. The number of rotatable bonds is 13. The summed E-state index contributed by atoms with van der Waals surface area (Å²) >= 11 is 0. The minimum Gasteiger partial charge on any atom is -0.385 e. The zero-order valence-corrected chi connectivity index (χ0v) is 25.1. The number of nitrogens with zero attached hydrogens (tertiary/aromatic N) is 2. The molecule has 1 unspecified atom stereocenters. The molecule has 3 aromatic rings. The second-order valence-corrected chi connectivity index (χ2v) is 12.3. The summed E-state index contributed by atoms with van der Waals surface area (Å²) in [7, 11) is 1.73. The van der Waals surface area contributed by atoms with Gasteiger partial charge in [-0.25, -0.2) is 0 Å². The van der Waals surface area contributed by atoms with Gasteiger partial charge < -0.3 is 24.8 Å². The van der Waals surface area contributed by atoms with Crippen molar-refractivity contribution < 1.29 is 14.3 Å². The van der Waals surface area contributed by atoms with Crippen molar-refractivity contribution in [2.45, 2.75) is 58.5 Å². The molecule has 2 aromatic carbocycles. The molecule has 0 spiro atoms. The summed E-state index contributed by atoms with van der Waals surface area (Å²) in [5, 5.41) is 8.00. The van der Waals surface area contributed by atoms with Crippen LogP contribution in [0.15, 0.2) is 54.7 Å². The maximum atomic E-state index is 13.9. The highest BCUT2D eigenvalue weighted by atomic mass is 16.5. The van der Waals surface area contributed by atoms with Crippen LogP contribution < -0.4 is 10.6 Å². The molecule has 3 atom stereocenters. The molecule has 1 aliphatic carbocycles. The number of aryl methyl sites for hydroxylation is 2. The van der Waals surface area contributed by atoms with Crippen LogP contribution in [0.25, 0.3) is 10.9 Å². The molecule has 1 saturated heterocycles. The average Bonchev–Trinajstić information content (AvgIpc) is 3.62. The molecule has 1 saturated carbocycles. The highest BCUT2D eigenvalue weighted by molar-refractivity contribution is 5.98. The molecule has 41 heavy (non-hydrogen) atoms. The van der Waals surface area contributed by atoms with E-state index < -0.39 is 0 Å². The molecule has 2 amide bonds. The van der Waals surface area contributed by atoms with Gasteiger partial charge in [0.1, 0.15) is 0 Å². The molecule has 220 valence electrons. The average molecular weight is 559 g/mol. The Morgan fingerprint density at radius 1 is 1.10 bits per heavy atom. The number of fused-ring (bicyclic) bond motifs is 1. The topological polar surface area (TPSA) is 75.6 Å². The normalized spacial score (nSPS) is 19.5. The highest BCUT2D eigenvalue weighted by Crippen LogP contribution is 2.42. The Morgan fingerprint density at radius 3 is 2.56 bits per heavy atom. The van der Waals surface area contributed by atoms with Gasteiger partial charge in [0.25, 0.3) is 5.91 Å². The first-order valence-corrected chi connectivity index (χ1v) is 15.3. The monoisotopic (exact) mass is 558 g/mol. The molecule has 1 aromatic heterocycles. The predicted octanol–water partition coefficient (Wildman–Crippen LogP) is 4.98. The largest absolute Gasteiger partial charge is 0.385 e. The summed E-state index contributed by atoms with van der Waals surface area (Å²) in [5.74, 6) is 1.15. The molecule has 5 rings (SSSR count). The molecule has 2 N–H and O–H groups in total. The van der Waals surface area contributed by atoms with Crippen LogP contribution in [-0.4, -0.2) is 67.2 Å². The number of methoxy groups -OCH3 is 1. The number of hydrogen-bond acceptors (Lipinski definition) is 4. The third-order valence-electron chi connectivity index (χ3n) is 8.94. The molecular weight excluding hydrogens is 512 g/mol. The van der Waals surface area contributed by atoms with Gasteiger partial charge in [-0.3, -0.25) is 9.59 Å². The lowest BCUT2D eigenvalue weighted by atomic mass is 9.91. The smallest absolute Gasteiger partial charge is 0.254 e. The van der Waals surface area contributed by atoms with E-state index in [-0.39, 0.29) is 35.6 Å². The highest BCUT2D eigenvalue weighted by Gasteiger charge is 2.38. The van der Waals surface area contributed by atoms with E-state index >= 15 is 0 Å². The fourth-order valence-corrected chi connectivity index (χ4v) is 6.43. The van der Waals surface area contributed by atoms with Gasteiger partial charge in [0.15, 0.2) is 0 Å². The molecule has 0 bridgehead atoms. The summed E-state index contributed by atoms with van der Waals surface area (Å²) in [6, 6.07) is 16.4. The summed E-state index contributed by atoms with van der Waals surface area (Å²) in [6.45, 7) is 10.9. The van der Waals surface area contributed by atoms with Gasteiger partial charge in [0, 0.05) is 75.1 Å². The van der Waals surface area contributed by atoms with Crippen LogP contribution in [0.1, 0.15) is 60.5 Å². The van der Waals surface area contributed by atoms with Gasteiger partial charge in [0.05, 0.1) is 5.92 Å². The Balaban J connectivity index is 1.25. The minimum atomic E-state index is -0.0650. The summed E-state index contributed by atoms with van der Waals surface area (Å²) in [6.07, 6.45) is 5.34. The zero-order valence-electron chi connectivity index (χ0n) is 25.1. The van der Waals surface area contributed by atoms with E-state index in [0.717, 1.165) is 55.5 Å². The van der Waals surface area contributed by atoms with Crippen LogP contribution in [0, 0.1) is 24.7 Å². The summed E-state index contributed by atoms with van der Waals surface area (Å²) in [5.41, 5.74) is 4.15. The van der Waals surface area contributed by atoms with E-state index in [1.807, 2.05) is 29.2 Å². The Bertz CT molecular complexity index is 1330. The summed E-state index contributed by atoms with van der Waals surface area (Å²) < 4.78 is 7.49. The number of carbonyl (C=O) groups is 2. The van der Waals surface area contributed by atoms with Gasteiger partial charge in [-0.2, -0.15) is 0 Å². The van der Waals surface area contributed by atoms with Gasteiger partial charge >= 0.3 is 0 Å². The number of aromatic nitrogens is 1. The predicted molar refractivity (Wildman–Crippen MR) is 164 cm³/mol. The van der Waals surface area contributed by atoms with Crippen molar-refractivity contribution in [1.29, 1.82) is 0 Å². The van der Waals surface area contributed by atoms with Crippen LogP contribution in [0.5, 0.6) is 0 Å². The number of benzene rings is 2. The van der Waals surface area contributed by atoms with E-state index in [1.165, 1.54) is 10.9 Å². The first kappa shape index (κ1) is 29.3. The standard InChI is InChI=1S/C34H46N4O3/c1-23(2)38(34(40)27-13-14-30-24(3)21-37(31(30)17-27)15-8-16-41-4)22-29-19-35-18-28(29)20-36-33(39)32(26-11-12-26)25-9-6-5-7-10-25/h5-7,9-10,13-14,17,21,23,26,28-29,32,35H,8,11-12,15-16,18-20,22H2,1-4H3,(H,36,39)/t28-,29-,32?/m0/s1. The van der Waals surface area contributed by atoms with Gasteiger partial charge in [0.2, 0.25) is 5.91 Å². The fraction of sp³-hybridized carbons (Fsp3) is 0.529. The first-order valence-electron chi connectivity index (χ1n) is 15.3. The van der Waals surface area contributed by atoms with E-state index in [4.69, 9.17) is 4.74 Å². The van der Waals surface area contributed by atoms with Crippen molar-refractivity contribution in [2.24, 2.45) is 17.8 Å². The number of carbonyl (C=O) groups excluding carboxylic acids is 2. The molecule has 0 radical (unpaired) electrons. The van der Waals surface area contributed by atoms with E-state index in [1.54, 1.807) is 7.11 Å². The Kier molecular flexibility index (Phi) is 9.46. The fourth-order valence-electron chi connectivity index (χ4n) is 6.43. The van der Waals surface area contributed by atoms with E-state index in [2.05, 4.69) is 66.4 Å². The Labute approximate surface area is 244 Å². The lowest BCUT2D eigenvalue weighted by Crippen LogP contribution is -2.44. The van der Waals surface area contributed by atoms with Gasteiger partial charge in [-0.15, -0.1) is 0 Å². The van der Waals surface area contributed by atoms with E-state index in [0.29, 0.717) is 25.6 Å². The number of amides is 2. The number of nitrogens with one attached hydrogen (secondary N) is 2. The van der Waals surface area contributed by atoms with Crippen LogP contribution in [-0.2, 0) is 16.1 Å². The third kappa shape index (κ3) is 6.84. The maximum absolute atomic E-state index is 13.9. The van der Waals surface area contributed by atoms with Crippen molar-refractivity contribution in [2.75, 3.05) is 39.9 Å².